The van der Waals surface area contributed by atoms with Crippen LogP contribution in [0.15, 0.2) is 138 Å². The Kier molecular flexibility index (Phi) is 11.2. The van der Waals surface area contributed by atoms with Crippen molar-refractivity contribution in [3.8, 4) is 44.5 Å². The minimum atomic E-state index is -0.337. The number of fused-ring (bicyclic) bond motifs is 17. The molecule has 4 heteroatoms. The van der Waals surface area contributed by atoms with Gasteiger partial charge in [0.05, 0.1) is 11.4 Å². The van der Waals surface area contributed by atoms with E-state index in [1.54, 1.807) is 0 Å². The molecule has 0 atom stereocenters. The van der Waals surface area contributed by atoms with Gasteiger partial charge < -0.3 is 9.23 Å². The maximum absolute atomic E-state index is 8.08. The van der Waals surface area contributed by atoms with Gasteiger partial charge in [-0.05, 0) is 226 Å². The van der Waals surface area contributed by atoms with Gasteiger partial charge in [0.1, 0.15) is 5.58 Å². The lowest BCUT2D eigenvalue weighted by molar-refractivity contribution is 0.331. The zero-order valence-corrected chi connectivity index (χ0v) is 56.3. The molecule has 5 aliphatic carbocycles. The summed E-state index contributed by atoms with van der Waals surface area (Å²) in [4.78, 5) is 5.53. The monoisotopic (exact) mass is 1150 g/mol. The predicted molar refractivity (Wildman–Crippen MR) is 375 cm³/mol. The van der Waals surface area contributed by atoms with Crippen molar-refractivity contribution in [3.63, 3.8) is 0 Å². The summed E-state index contributed by atoms with van der Waals surface area (Å²) in [7, 11) is 0. The lowest BCUT2D eigenvalue weighted by atomic mass is 9.42. The van der Waals surface area contributed by atoms with E-state index in [1.165, 1.54) is 158 Å². The standard InChI is InChI=1S/C84H91BN2O/c1-76(2,3)49-29-33-66(53(41-49)48-25-21-20-22-26-48)86-74-69-52-27-23-24-28-57(52)83(16,17)65(69)45-56-70-67(34-31-51-54-43-61-63(46-59(54)84(18,19)71(51)70)81(12,13)39-37-79(61,8)9)87(50-30-32-58-60(42-50)78(6,7)36-35-77(58,4)5)85(72(56)74)73-55-44-62-64(47-68(55)88-75(73)86)82(14,15)40-38-80(62,10)11/h20-34,41-47H,35-40H2,1-19H3. The lowest BCUT2D eigenvalue weighted by Gasteiger charge is -2.47. The van der Waals surface area contributed by atoms with Gasteiger partial charge in [0, 0.05) is 49.7 Å². The average molecular weight is 1160 g/mol. The first kappa shape index (κ1) is 56.2. The van der Waals surface area contributed by atoms with Crippen LogP contribution in [0.1, 0.15) is 231 Å². The van der Waals surface area contributed by atoms with Crippen LogP contribution in [0.3, 0.4) is 0 Å². The van der Waals surface area contributed by atoms with Crippen molar-refractivity contribution in [2.75, 3.05) is 9.71 Å². The Morgan fingerprint density at radius 1 is 0.398 bits per heavy atom. The second-order valence-electron chi connectivity index (χ2n) is 34.4. The van der Waals surface area contributed by atoms with Crippen molar-refractivity contribution in [2.45, 2.75) is 219 Å². The van der Waals surface area contributed by atoms with Crippen molar-refractivity contribution < 1.29 is 4.42 Å². The van der Waals surface area contributed by atoms with Crippen LogP contribution in [0.5, 0.6) is 0 Å². The van der Waals surface area contributed by atoms with Gasteiger partial charge in [-0.3, -0.25) is 4.90 Å². The Morgan fingerprint density at radius 3 is 1.60 bits per heavy atom. The summed E-state index contributed by atoms with van der Waals surface area (Å²) in [6.45, 7) is 46.7. The topological polar surface area (TPSA) is 19.6 Å². The van der Waals surface area contributed by atoms with E-state index in [4.69, 9.17) is 4.42 Å². The van der Waals surface area contributed by atoms with E-state index in [2.05, 4.69) is 275 Å². The first-order valence-electron chi connectivity index (χ1n) is 33.5. The van der Waals surface area contributed by atoms with E-state index in [0.717, 1.165) is 36.4 Å². The molecule has 3 nitrogen and oxygen atoms in total. The van der Waals surface area contributed by atoms with Crippen molar-refractivity contribution in [3.05, 3.63) is 195 Å². The molecule has 7 aliphatic rings. The van der Waals surface area contributed by atoms with Gasteiger partial charge in [-0.1, -0.05) is 210 Å². The second-order valence-corrected chi connectivity index (χ2v) is 34.4. The highest BCUT2D eigenvalue weighted by Crippen LogP contribution is 2.64. The summed E-state index contributed by atoms with van der Waals surface area (Å²) >= 11 is 0. The highest BCUT2D eigenvalue weighted by molar-refractivity contribution is 6.95. The molecule has 88 heavy (non-hydrogen) atoms. The molecule has 0 amide bonds. The molecule has 0 N–H and O–H groups in total. The summed E-state index contributed by atoms with van der Waals surface area (Å²) < 4.78 is 8.08. The highest BCUT2D eigenvalue weighted by Gasteiger charge is 2.55. The number of benzene rings is 8. The van der Waals surface area contributed by atoms with Crippen LogP contribution < -0.4 is 20.6 Å². The van der Waals surface area contributed by atoms with Gasteiger partial charge in [-0.2, -0.15) is 0 Å². The fraction of sp³-hybridized carbons (Fsp3) is 0.405. The van der Waals surface area contributed by atoms with Crippen molar-refractivity contribution in [1.29, 1.82) is 0 Å². The maximum Gasteiger partial charge on any atom is 0.337 e. The van der Waals surface area contributed by atoms with Crippen LogP contribution in [-0.4, -0.2) is 6.85 Å². The number of furan rings is 1. The minimum absolute atomic E-state index is 0.0116. The molecular formula is C84H91BN2O. The third kappa shape index (κ3) is 7.44. The fourth-order valence-corrected chi connectivity index (χ4v) is 18.5. The summed E-state index contributed by atoms with van der Waals surface area (Å²) in [6, 6.07) is 54.0. The van der Waals surface area contributed by atoms with E-state index >= 15 is 0 Å². The predicted octanol–water partition coefficient (Wildman–Crippen LogP) is 21.8. The summed E-state index contributed by atoms with van der Waals surface area (Å²) in [5.74, 6) is 0.922. The molecule has 1 aromatic heterocycles. The largest absolute Gasteiger partial charge is 0.440 e. The first-order chi connectivity index (χ1) is 41.2. The van der Waals surface area contributed by atoms with Gasteiger partial charge in [0.15, 0.2) is 0 Å². The highest BCUT2D eigenvalue weighted by atomic mass is 16.4. The molecular weight excluding hydrogens is 1060 g/mol. The summed E-state index contributed by atoms with van der Waals surface area (Å²) in [6.07, 6.45) is 6.93. The van der Waals surface area contributed by atoms with E-state index < -0.39 is 0 Å². The average Bonchev–Trinajstić information content (AvgIpc) is 1.37. The van der Waals surface area contributed by atoms with Gasteiger partial charge in [0.2, 0.25) is 5.88 Å². The summed E-state index contributed by atoms with van der Waals surface area (Å²) in [5.41, 5.74) is 34.3. The zero-order valence-electron chi connectivity index (χ0n) is 56.3. The smallest absolute Gasteiger partial charge is 0.337 e. The third-order valence-electron chi connectivity index (χ3n) is 24.4. The maximum atomic E-state index is 8.08. The van der Waals surface area contributed by atoms with Crippen molar-refractivity contribution >= 4 is 57.4 Å². The molecule has 0 unspecified atom stereocenters. The molecule has 3 heterocycles. The van der Waals surface area contributed by atoms with Crippen LogP contribution in [0.25, 0.3) is 55.5 Å². The van der Waals surface area contributed by atoms with Crippen LogP contribution in [0.4, 0.5) is 28.6 Å². The SMILES string of the molecule is CC(C)(C)c1ccc(N2c3oc4cc5c(cc4c3B3c4c(cc6c(c42)-c2ccccc2C6(C)C)-c2c(ccc4c2C(C)(C)c2cc6c(cc2-4)C(C)(C)CCC6(C)C)N3c2ccc3c(c2)C(C)(C)CCC3(C)C)C(C)(C)CCC5(C)C)c(-c2ccccc2)c1. The van der Waals surface area contributed by atoms with Crippen LogP contribution in [0.2, 0.25) is 0 Å². The molecule has 0 saturated carbocycles. The molecule has 0 spiro atoms. The normalized spacial score (nSPS) is 20.6. The van der Waals surface area contributed by atoms with E-state index in [1.807, 2.05) is 0 Å². The molecule has 16 rings (SSSR count). The van der Waals surface area contributed by atoms with E-state index in [9.17, 15) is 0 Å². The van der Waals surface area contributed by atoms with Crippen molar-refractivity contribution in [1.82, 2.24) is 0 Å². The number of anilines is 5. The molecule has 0 bridgehead atoms. The Morgan fingerprint density at radius 2 is 0.955 bits per heavy atom. The third-order valence-corrected chi connectivity index (χ3v) is 24.4. The Bertz CT molecular complexity index is 4560. The Labute approximate surface area is 526 Å². The quantitative estimate of drug-likeness (QED) is 0.164. The first-order valence-corrected chi connectivity index (χ1v) is 33.5. The second kappa shape index (κ2) is 17.5. The number of rotatable bonds is 3. The Balaban J connectivity index is 1.12. The Hall–Kier alpha value is -7.04. The van der Waals surface area contributed by atoms with Crippen LogP contribution in [-0.2, 0) is 48.7 Å². The number of hydrogen-bond acceptors (Lipinski definition) is 3. The number of nitrogens with zero attached hydrogens (tertiary/aromatic N) is 2. The van der Waals surface area contributed by atoms with Crippen LogP contribution >= 0.6 is 0 Å². The lowest BCUT2D eigenvalue weighted by Crippen LogP contribution is -2.61. The van der Waals surface area contributed by atoms with Gasteiger partial charge in [0.25, 0.3) is 0 Å². The zero-order chi connectivity index (χ0) is 61.9. The van der Waals surface area contributed by atoms with Crippen LogP contribution in [0, 0.1) is 0 Å². The molecule has 0 radical (unpaired) electrons. The molecule has 0 fully saturated rings. The fourth-order valence-electron chi connectivity index (χ4n) is 18.5. The minimum Gasteiger partial charge on any atom is -0.440 e. The molecule has 446 valence electrons. The molecule has 0 saturated heterocycles. The summed E-state index contributed by atoms with van der Waals surface area (Å²) in [5, 5.41) is 1.22. The molecule has 9 aromatic rings. The van der Waals surface area contributed by atoms with E-state index in [0.29, 0.717) is 0 Å². The van der Waals surface area contributed by atoms with Gasteiger partial charge in [-0.25, -0.2) is 0 Å². The number of hydrogen-bond donors (Lipinski definition) is 0. The van der Waals surface area contributed by atoms with Gasteiger partial charge >= 0.3 is 6.85 Å². The molecule has 8 aromatic carbocycles. The molecule has 2 aliphatic heterocycles. The van der Waals surface area contributed by atoms with E-state index in [-0.39, 0.29) is 55.6 Å². The van der Waals surface area contributed by atoms with Gasteiger partial charge in [-0.15, -0.1) is 0 Å². The van der Waals surface area contributed by atoms with Crippen molar-refractivity contribution in [2.24, 2.45) is 0 Å².